The van der Waals surface area contributed by atoms with Gasteiger partial charge in [0.15, 0.2) is 0 Å². The highest BCUT2D eigenvalue weighted by Crippen LogP contribution is 2.27. The van der Waals surface area contributed by atoms with E-state index in [0.29, 0.717) is 45.7 Å². The van der Waals surface area contributed by atoms with Crippen molar-refractivity contribution < 1.29 is 17.9 Å². The maximum absolute atomic E-state index is 12.8. The van der Waals surface area contributed by atoms with Gasteiger partial charge in [-0.2, -0.15) is 4.31 Å². The van der Waals surface area contributed by atoms with E-state index in [2.05, 4.69) is 0 Å². The number of sulfonamides is 1. The second-order valence-corrected chi connectivity index (χ2v) is 7.42. The Hall–Kier alpha value is -1.44. The molecule has 0 saturated carbocycles. The Labute approximate surface area is 130 Å². The molecule has 2 heterocycles. The average Bonchev–Trinajstić information content (AvgIpc) is 3.06. The van der Waals surface area contributed by atoms with Crippen molar-refractivity contribution in [2.24, 2.45) is 0 Å². The van der Waals surface area contributed by atoms with Gasteiger partial charge in [0.2, 0.25) is 15.9 Å². The SMILES string of the molecule is O=C(C1CCCN1S(=O)(=O)c1ccccc1)N1CCOCC1. The summed E-state index contributed by atoms with van der Waals surface area (Å²) in [6.07, 6.45) is 1.30. The summed E-state index contributed by atoms with van der Waals surface area (Å²) in [6, 6.07) is 7.74. The number of hydrogen-bond acceptors (Lipinski definition) is 4. The Bertz CT molecular complexity index is 626. The third-order valence-corrected chi connectivity index (χ3v) is 6.08. The molecule has 0 radical (unpaired) electrons. The first-order valence-corrected chi connectivity index (χ1v) is 8.98. The maximum atomic E-state index is 12.8. The summed E-state index contributed by atoms with van der Waals surface area (Å²) in [6.45, 7) is 2.51. The average molecular weight is 324 g/mol. The lowest BCUT2D eigenvalue weighted by molar-refractivity contribution is -0.138. The molecule has 1 unspecified atom stereocenters. The lowest BCUT2D eigenvalue weighted by atomic mass is 10.2. The zero-order chi connectivity index (χ0) is 15.6. The van der Waals surface area contributed by atoms with Crippen molar-refractivity contribution in [3.63, 3.8) is 0 Å². The molecule has 0 aromatic heterocycles. The van der Waals surface area contributed by atoms with E-state index in [0.717, 1.165) is 0 Å². The Kier molecular flexibility index (Phi) is 4.46. The van der Waals surface area contributed by atoms with Gasteiger partial charge in [-0.15, -0.1) is 0 Å². The standard InChI is InChI=1S/C15H20N2O4S/c18-15(16-9-11-21-12-10-16)14-7-4-8-17(14)22(19,20)13-5-2-1-3-6-13/h1-3,5-6,14H,4,7-12H2. The minimum atomic E-state index is -3.62. The van der Waals surface area contributed by atoms with Gasteiger partial charge in [-0.1, -0.05) is 18.2 Å². The van der Waals surface area contributed by atoms with Crippen LogP contribution >= 0.6 is 0 Å². The second kappa shape index (κ2) is 6.36. The number of ether oxygens (including phenoxy) is 1. The molecule has 6 nitrogen and oxygen atoms in total. The quantitative estimate of drug-likeness (QED) is 0.821. The highest BCUT2D eigenvalue weighted by Gasteiger charge is 2.41. The fourth-order valence-corrected chi connectivity index (χ4v) is 4.67. The van der Waals surface area contributed by atoms with Crippen molar-refractivity contribution in [1.82, 2.24) is 9.21 Å². The number of morpholine rings is 1. The van der Waals surface area contributed by atoms with Crippen molar-refractivity contribution in [3.05, 3.63) is 30.3 Å². The van der Waals surface area contributed by atoms with Crippen LogP contribution in [-0.2, 0) is 19.6 Å². The third-order valence-electron chi connectivity index (χ3n) is 4.16. The van der Waals surface area contributed by atoms with Crippen LogP contribution < -0.4 is 0 Å². The molecular weight excluding hydrogens is 304 g/mol. The van der Waals surface area contributed by atoms with Crippen LogP contribution in [0.25, 0.3) is 0 Å². The first kappa shape index (κ1) is 15.5. The van der Waals surface area contributed by atoms with Gasteiger partial charge in [0.05, 0.1) is 18.1 Å². The third kappa shape index (κ3) is 2.88. The molecule has 0 aliphatic carbocycles. The molecule has 7 heteroatoms. The summed E-state index contributed by atoms with van der Waals surface area (Å²) in [5.74, 6) is -0.0969. The van der Waals surface area contributed by atoms with Crippen LogP contribution in [0.15, 0.2) is 35.2 Å². The van der Waals surface area contributed by atoms with E-state index in [-0.39, 0.29) is 10.8 Å². The maximum Gasteiger partial charge on any atom is 0.243 e. The topological polar surface area (TPSA) is 66.9 Å². The van der Waals surface area contributed by atoms with Crippen molar-refractivity contribution in [2.75, 3.05) is 32.8 Å². The number of rotatable bonds is 3. The molecule has 0 N–H and O–H groups in total. The lowest BCUT2D eigenvalue weighted by Crippen LogP contribution is -2.50. The molecule has 22 heavy (non-hydrogen) atoms. The highest BCUT2D eigenvalue weighted by molar-refractivity contribution is 7.89. The second-order valence-electron chi connectivity index (χ2n) is 5.52. The van der Waals surface area contributed by atoms with Crippen molar-refractivity contribution in [3.8, 4) is 0 Å². The minimum Gasteiger partial charge on any atom is -0.378 e. The van der Waals surface area contributed by atoms with E-state index < -0.39 is 16.1 Å². The molecule has 1 atom stereocenters. The zero-order valence-corrected chi connectivity index (χ0v) is 13.2. The fourth-order valence-electron chi connectivity index (χ4n) is 3.00. The fraction of sp³-hybridized carbons (Fsp3) is 0.533. The zero-order valence-electron chi connectivity index (χ0n) is 12.3. The summed E-state index contributed by atoms with van der Waals surface area (Å²) in [5.41, 5.74) is 0. The van der Waals surface area contributed by atoms with E-state index in [1.165, 1.54) is 4.31 Å². The van der Waals surface area contributed by atoms with Gasteiger partial charge in [0, 0.05) is 19.6 Å². The minimum absolute atomic E-state index is 0.0969. The summed E-state index contributed by atoms with van der Waals surface area (Å²) >= 11 is 0. The van der Waals surface area contributed by atoms with E-state index in [1.54, 1.807) is 35.2 Å². The molecule has 0 bridgehead atoms. The van der Waals surface area contributed by atoms with Gasteiger partial charge >= 0.3 is 0 Å². The molecule has 2 aliphatic heterocycles. The molecule has 120 valence electrons. The molecule has 0 spiro atoms. The first-order valence-electron chi connectivity index (χ1n) is 7.54. The molecule has 1 aromatic carbocycles. The van der Waals surface area contributed by atoms with Gasteiger partial charge in [-0.05, 0) is 25.0 Å². The smallest absolute Gasteiger partial charge is 0.243 e. The molecular formula is C15H20N2O4S. The van der Waals surface area contributed by atoms with E-state index in [9.17, 15) is 13.2 Å². The van der Waals surface area contributed by atoms with Gasteiger partial charge in [0.1, 0.15) is 6.04 Å². The van der Waals surface area contributed by atoms with Gasteiger partial charge in [-0.3, -0.25) is 4.79 Å². The van der Waals surface area contributed by atoms with E-state index in [4.69, 9.17) is 4.74 Å². The molecule has 1 aromatic rings. The number of nitrogens with zero attached hydrogens (tertiary/aromatic N) is 2. The summed E-state index contributed by atoms with van der Waals surface area (Å²) in [5, 5.41) is 0. The van der Waals surface area contributed by atoms with Gasteiger partial charge in [-0.25, -0.2) is 8.42 Å². The number of benzene rings is 1. The number of hydrogen-bond donors (Lipinski definition) is 0. The van der Waals surface area contributed by atoms with E-state index in [1.807, 2.05) is 0 Å². The highest BCUT2D eigenvalue weighted by atomic mass is 32.2. The van der Waals surface area contributed by atoms with E-state index >= 15 is 0 Å². The number of carbonyl (C=O) groups excluding carboxylic acids is 1. The summed E-state index contributed by atoms with van der Waals surface area (Å²) < 4.78 is 32.1. The van der Waals surface area contributed by atoms with Crippen LogP contribution in [0.5, 0.6) is 0 Å². The molecule has 2 saturated heterocycles. The molecule has 3 rings (SSSR count). The normalized spacial score (nSPS) is 23.6. The van der Waals surface area contributed by atoms with Crippen molar-refractivity contribution in [2.45, 2.75) is 23.8 Å². The van der Waals surface area contributed by atoms with Crippen LogP contribution in [0, 0.1) is 0 Å². The first-order chi connectivity index (χ1) is 10.6. The van der Waals surface area contributed by atoms with Gasteiger partial charge < -0.3 is 9.64 Å². The monoisotopic (exact) mass is 324 g/mol. The number of amides is 1. The van der Waals surface area contributed by atoms with Crippen LogP contribution in [-0.4, -0.2) is 62.4 Å². The summed E-state index contributed by atoms with van der Waals surface area (Å²) in [7, 11) is -3.62. The van der Waals surface area contributed by atoms with Crippen molar-refractivity contribution in [1.29, 1.82) is 0 Å². The van der Waals surface area contributed by atoms with Gasteiger partial charge in [0.25, 0.3) is 0 Å². The summed E-state index contributed by atoms with van der Waals surface area (Å²) in [4.78, 5) is 14.6. The molecule has 2 aliphatic rings. The van der Waals surface area contributed by atoms with Crippen LogP contribution in [0.4, 0.5) is 0 Å². The van der Waals surface area contributed by atoms with Crippen LogP contribution in [0.3, 0.4) is 0 Å². The van der Waals surface area contributed by atoms with Crippen molar-refractivity contribution >= 4 is 15.9 Å². The Morgan fingerprint density at radius 1 is 1.09 bits per heavy atom. The largest absolute Gasteiger partial charge is 0.378 e. The predicted molar refractivity (Wildman–Crippen MR) is 80.8 cm³/mol. The molecule has 1 amide bonds. The van der Waals surface area contributed by atoms with Crippen LogP contribution in [0.2, 0.25) is 0 Å². The van der Waals surface area contributed by atoms with Crippen LogP contribution in [0.1, 0.15) is 12.8 Å². The lowest BCUT2D eigenvalue weighted by Gasteiger charge is -2.32. The predicted octanol–water partition coefficient (Wildman–Crippen LogP) is 0.698. The number of carbonyl (C=O) groups is 1. The Morgan fingerprint density at radius 3 is 2.45 bits per heavy atom. The Morgan fingerprint density at radius 2 is 1.77 bits per heavy atom. The Balaban J connectivity index is 1.82. The molecule has 2 fully saturated rings.